The molecule has 3 atom stereocenters. The van der Waals surface area contributed by atoms with E-state index >= 15 is 0 Å². The number of hydrogen-bond acceptors (Lipinski definition) is 4. The van der Waals surface area contributed by atoms with Crippen molar-refractivity contribution < 1.29 is 9.90 Å². The Hall–Kier alpha value is -3.49. The molecule has 1 aromatic heterocycles. The second-order valence-corrected chi connectivity index (χ2v) is 8.80. The van der Waals surface area contributed by atoms with Gasteiger partial charge >= 0.3 is 0 Å². The first kappa shape index (κ1) is 20.4. The van der Waals surface area contributed by atoms with Gasteiger partial charge in [0, 0.05) is 18.1 Å². The van der Waals surface area contributed by atoms with Gasteiger partial charge in [0.2, 0.25) is 0 Å². The number of ketones is 1. The molecule has 0 amide bonds. The molecule has 5 nitrogen and oxygen atoms in total. The van der Waals surface area contributed by atoms with Crippen molar-refractivity contribution in [1.82, 2.24) is 10.2 Å². The summed E-state index contributed by atoms with van der Waals surface area (Å²) in [5.41, 5.74) is 5.87. The van der Waals surface area contributed by atoms with Crippen molar-refractivity contribution in [2.45, 2.75) is 31.6 Å². The van der Waals surface area contributed by atoms with E-state index in [4.69, 9.17) is 5.10 Å². The van der Waals surface area contributed by atoms with E-state index in [0.717, 1.165) is 46.5 Å². The molecule has 2 N–H and O–H groups in total. The Balaban J connectivity index is 1.72. The van der Waals surface area contributed by atoms with Gasteiger partial charge in [0.05, 0.1) is 22.4 Å². The van der Waals surface area contributed by atoms with Crippen LogP contribution < -0.4 is 0 Å². The second kappa shape index (κ2) is 7.89. The highest BCUT2D eigenvalue weighted by atomic mass is 16.3. The number of aliphatic hydroxyl groups excluding tert-OH is 1. The summed E-state index contributed by atoms with van der Waals surface area (Å²) in [6.45, 7) is 2.08. The first-order valence-corrected chi connectivity index (χ1v) is 11.1. The monoisotopic (exact) mass is 423 g/mol. The minimum atomic E-state index is -0.612. The largest absolute Gasteiger partial charge is 0.396 e. The minimum Gasteiger partial charge on any atom is -0.396 e. The van der Waals surface area contributed by atoms with E-state index in [1.807, 2.05) is 43.3 Å². The second-order valence-electron chi connectivity index (χ2n) is 8.80. The minimum absolute atomic E-state index is 0.0464. The average molecular weight is 424 g/mol. The Morgan fingerprint density at radius 2 is 1.94 bits per heavy atom. The first-order chi connectivity index (χ1) is 15.6. The van der Waals surface area contributed by atoms with Gasteiger partial charge in [-0.3, -0.25) is 9.89 Å². The highest BCUT2D eigenvalue weighted by Gasteiger charge is 2.53. The zero-order valence-electron chi connectivity index (χ0n) is 18.0. The number of carbonyl (C=O) groups excluding carboxylic acids is 1. The molecule has 1 heterocycles. The van der Waals surface area contributed by atoms with Crippen LogP contribution in [-0.4, -0.2) is 27.7 Å². The van der Waals surface area contributed by atoms with Crippen molar-refractivity contribution in [3.8, 4) is 17.3 Å². The third kappa shape index (κ3) is 2.95. The SMILES string of the molecule is C[C@@H]1C(=O)C(C#N)=C[C@]2(c3ccccc3)c3n[nH]c(-c4ccc(CCO)cc4)c3CCC12. The number of benzene rings is 2. The van der Waals surface area contributed by atoms with Crippen molar-refractivity contribution in [2.75, 3.05) is 6.61 Å². The fourth-order valence-corrected chi connectivity index (χ4v) is 5.64. The summed E-state index contributed by atoms with van der Waals surface area (Å²) in [7, 11) is 0. The van der Waals surface area contributed by atoms with Crippen LogP contribution in [0.15, 0.2) is 66.2 Å². The van der Waals surface area contributed by atoms with Crippen LogP contribution >= 0.6 is 0 Å². The van der Waals surface area contributed by atoms with E-state index in [-0.39, 0.29) is 29.8 Å². The Morgan fingerprint density at radius 1 is 1.19 bits per heavy atom. The van der Waals surface area contributed by atoms with Gasteiger partial charge in [-0.2, -0.15) is 10.4 Å². The summed E-state index contributed by atoms with van der Waals surface area (Å²) in [5.74, 6) is -0.270. The fraction of sp³-hybridized carbons (Fsp3) is 0.296. The zero-order chi connectivity index (χ0) is 22.3. The topological polar surface area (TPSA) is 89.8 Å². The molecule has 0 bridgehead atoms. The number of H-pyrrole nitrogens is 1. The summed E-state index contributed by atoms with van der Waals surface area (Å²) in [6, 6.07) is 20.5. The molecule has 0 saturated carbocycles. The van der Waals surface area contributed by atoms with Crippen LogP contribution in [0.1, 0.15) is 35.7 Å². The number of Topliss-reactive ketones (excluding diaryl/α,β-unsaturated/α-hetero) is 1. The number of hydrogen-bond donors (Lipinski definition) is 2. The Labute approximate surface area is 187 Å². The molecule has 0 aliphatic heterocycles. The number of rotatable bonds is 4. The molecule has 2 aliphatic rings. The van der Waals surface area contributed by atoms with Gasteiger partial charge < -0.3 is 5.11 Å². The van der Waals surface area contributed by atoms with Gasteiger partial charge in [-0.05, 0) is 47.9 Å². The number of allylic oxidation sites excluding steroid dienone is 2. The summed E-state index contributed by atoms with van der Waals surface area (Å²) in [4.78, 5) is 12.9. The van der Waals surface area contributed by atoms with E-state index in [1.165, 1.54) is 0 Å². The van der Waals surface area contributed by atoms with Crippen LogP contribution in [-0.2, 0) is 23.1 Å². The Kier molecular flexibility index (Phi) is 5.03. The number of aromatic nitrogens is 2. The molecule has 5 rings (SSSR count). The molecular formula is C27H25N3O2. The maximum Gasteiger partial charge on any atom is 0.176 e. The van der Waals surface area contributed by atoms with Crippen molar-refractivity contribution in [2.24, 2.45) is 11.8 Å². The molecule has 5 heteroatoms. The van der Waals surface area contributed by atoms with Gasteiger partial charge in [-0.15, -0.1) is 0 Å². The Bertz CT molecular complexity index is 1230. The van der Waals surface area contributed by atoms with Gasteiger partial charge in [-0.25, -0.2) is 0 Å². The number of carbonyl (C=O) groups is 1. The first-order valence-electron chi connectivity index (χ1n) is 11.1. The molecule has 0 spiro atoms. The van der Waals surface area contributed by atoms with Crippen LogP contribution in [0.5, 0.6) is 0 Å². The number of nitrogens with zero attached hydrogens (tertiary/aromatic N) is 2. The molecule has 160 valence electrons. The lowest BCUT2D eigenvalue weighted by molar-refractivity contribution is -0.121. The number of aromatic amines is 1. The maximum atomic E-state index is 12.9. The maximum absolute atomic E-state index is 12.9. The molecule has 2 aliphatic carbocycles. The van der Waals surface area contributed by atoms with Gasteiger partial charge in [0.1, 0.15) is 6.07 Å². The zero-order valence-corrected chi connectivity index (χ0v) is 18.0. The summed E-state index contributed by atoms with van der Waals surface area (Å²) >= 11 is 0. The third-order valence-corrected chi connectivity index (χ3v) is 7.22. The lowest BCUT2D eigenvalue weighted by Crippen LogP contribution is -2.48. The summed E-state index contributed by atoms with van der Waals surface area (Å²) < 4.78 is 0. The van der Waals surface area contributed by atoms with Crippen molar-refractivity contribution in [3.63, 3.8) is 0 Å². The number of aliphatic hydroxyl groups is 1. The summed E-state index contributed by atoms with van der Waals surface area (Å²) in [5, 5.41) is 27.0. The lowest BCUT2D eigenvalue weighted by atomic mass is 9.54. The van der Waals surface area contributed by atoms with E-state index < -0.39 is 5.41 Å². The quantitative estimate of drug-likeness (QED) is 0.660. The van der Waals surface area contributed by atoms with E-state index in [9.17, 15) is 15.2 Å². The number of nitrogens with one attached hydrogen (secondary N) is 1. The van der Waals surface area contributed by atoms with E-state index in [2.05, 4.69) is 35.4 Å². The van der Waals surface area contributed by atoms with Crippen LogP contribution in [0, 0.1) is 23.2 Å². The van der Waals surface area contributed by atoms with Crippen molar-refractivity contribution >= 4 is 5.78 Å². The van der Waals surface area contributed by atoms with Crippen LogP contribution in [0.2, 0.25) is 0 Å². The molecule has 2 aromatic carbocycles. The normalized spacial score (nSPS) is 24.3. The van der Waals surface area contributed by atoms with Gasteiger partial charge in [0.25, 0.3) is 0 Å². The predicted octanol–water partition coefficient (Wildman–Crippen LogP) is 4.13. The number of fused-ring (bicyclic) bond motifs is 3. The van der Waals surface area contributed by atoms with E-state index in [1.54, 1.807) is 0 Å². The predicted molar refractivity (Wildman–Crippen MR) is 122 cm³/mol. The molecule has 0 saturated heterocycles. The number of nitriles is 1. The highest BCUT2D eigenvalue weighted by Crippen LogP contribution is 2.54. The molecule has 32 heavy (non-hydrogen) atoms. The van der Waals surface area contributed by atoms with Crippen LogP contribution in [0.25, 0.3) is 11.3 Å². The lowest BCUT2D eigenvalue weighted by Gasteiger charge is -2.47. The fourth-order valence-electron chi connectivity index (χ4n) is 5.64. The third-order valence-electron chi connectivity index (χ3n) is 7.22. The molecule has 1 unspecified atom stereocenters. The van der Waals surface area contributed by atoms with Crippen molar-refractivity contribution in [1.29, 1.82) is 5.26 Å². The molecule has 3 aromatic rings. The Morgan fingerprint density at radius 3 is 2.62 bits per heavy atom. The molecule has 0 radical (unpaired) electrons. The van der Waals surface area contributed by atoms with E-state index in [0.29, 0.717) is 6.42 Å². The average Bonchev–Trinajstić information content (AvgIpc) is 3.27. The standard InChI is InChI=1S/C27H25N3O2/c1-17-23-12-11-22-24(19-9-7-18(8-10-19)13-14-31)29-30-26(22)27(23,15-20(16-28)25(17)32)21-5-3-2-4-6-21/h2-10,15,17,23,31H,11-14H2,1H3,(H,29,30)/t17-,23?,27+/m0/s1. The highest BCUT2D eigenvalue weighted by molar-refractivity contribution is 6.02. The smallest absolute Gasteiger partial charge is 0.176 e. The molecule has 0 fully saturated rings. The van der Waals surface area contributed by atoms with Crippen LogP contribution in [0.3, 0.4) is 0 Å². The van der Waals surface area contributed by atoms with Gasteiger partial charge in [0.15, 0.2) is 5.78 Å². The van der Waals surface area contributed by atoms with Crippen LogP contribution in [0.4, 0.5) is 0 Å². The van der Waals surface area contributed by atoms with Gasteiger partial charge in [-0.1, -0.05) is 61.5 Å². The molecular weight excluding hydrogens is 398 g/mol. The van der Waals surface area contributed by atoms with Crippen molar-refractivity contribution in [3.05, 3.63) is 88.6 Å². The summed E-state index contributed by atoms with van der Waals surface area (Å²) in [6.07, 6.45) is 4.18.